The fraction of sp³-hybridized carbons (Fsp3) is 0.391. The zero-order valence-electron chi connectivity index (χ0n) is 17.5. The van der Waals surface area contributed by atoms with E-state index in [4.69, 9.17) is 0 Å². The van der Waals surface area contributed by atoms with Crippen LogP contribution in [0.2, 0.25) is 0 Å². The van der Waals surface area contributed by atoms with Crippen molar-refractivity contribution in [2.45, 2.75) is 53.4 Å². The molecule has 2 heterocycles. The minimum atomic E-state index is -0.150. The summed E-state index contributed by atoms with van der Waals surface area (Å²) in [5.41, 5.74) is 2.70. The maximum absolute atomic E-state index is 13.0. The third-order valence-corrected chi connectivity index (χ3v) is 5.18. The largest absolute Gasteiger partial charge is 0.326 e. The zero-order valence-corrected chi connectivity index (χ0v) is 17.5. The third kappa shape index (κ3) is 4.36. The Bertz CT molecular complexity index is 1080. The Morgan fingerprint density at radius 3 is 2.52 bits per heavy atom. The second-order valence-corrected chi connectivity index (χ2v) is 7.44. The molecule has 0 bridgehead atoms. The predicted molar refractivity (Wildman–Crippen MR) is 117 cm³/mol. The van der Waals surface area contributed by atoms with Crippen LogP contribution in [0, 0.1) is 19.8 Å². The number of hydrogen-bond acceptors (Lipinski definition) is 4. The minimum absolute atomic E-state index is 0.0335. The van der Waals surface area contributed by atoms with Crippen LogP contribution in [0.4, 0.5) is 5.69 Å². The molecule has 1 N–H and O–H groups in total. The van der Waals surface area contributed by atoms with E-state index in [1.54, 1.807) is 29.8 Å². The molecule has 3 aromatic rings. The van der Waals surface area contributed by atoms with Gasteiger partial charge in [0.15, 0.2) is 5.65 Å². The van der Waals surface area contributed by atoms with Gasteiger partial charge in [0.25, 0.3) is 5.56 Å². The molecule has 0 saturated heterocycles. The molecule has 6 nitrogen and oxygen atoms in total. The van der Waals surface area contributed by atoms with Crippen LogP contribution in [-0.4, -0.2) is 20.4 Å². The summed E-state index contributed by atoms with van der Waals surface area (Å²) in [6, 6.07) is 9.07. The molecule has 0 aliphatic carbocycles. The average molecular weight is 393 g/mol. The Morgan fingerprint density at radius 2 is 1.86 bits per heavy atom. The van der Waals surface area contributed by atoms with Gasteiger partial charge in [-0.1, -0.05) is 26.7 Å². The maximum Gasteiger partial charge on any atom is 0.267 e. The molecule has 3 rings (SSSR count). The van der Waals surface area contributed by atoms with Crippen LogP contribution >= 0.6 is 0 Å². The first-order valence-electron chi connectivity index (χ1n) is 10.2. The molecule has 29 heavy (non-hydrogen) atoms. The molecule has 1 aromatic carbocycles. The van der Waals surface area contributed by atoms with Crippen LogP contribution in [0.3, 0.4) is 0 Å². The van der Waals surface area contributed by atoms with Gasteiger partial charge in [-0.3, -0.25) is 14.2 Å². The van der Waals surface area contributed by atoms with Crippen molar-refractivity contribution in [3.05, 3.63) is 58.3 Å². The highest BCUT2D eigenvalue weighted by Gasteiger charge is 2.18. The first kappa shape index (κ1) is 20.7. The first-order valence-corrected chi connectivity index (χ1v) is 10.2. The lowest BCUT2D eigenvalue weighted by Crippen LogP contribution is -2.24. The lowest BCUT2D eigenvalue weighted by molar-refractivity contribution is -0.120. The van der Waals surface area contributed by atoms with Crippen LogP contribution in [0.1, 0.15) is 50.9 Å². The Balaban J connectivity index is 1.93. The summed E-state index contributed by atoms with van der Waals surface area (Å²) in [6.07, 6.45) is 5.39. The number of carbonyl (C=O) groups excluding carboxylic acids is 1. The highest BCUT2D eigenvalue weighted by atomic mass is 16.2. The van der Waals surface area contributed by atoms with E-state index in [-0.39, 0.29) is 17.4 Å². The summed E-state index contributed by atoms with van der Waals surface area (Å²) in [7, 11) is 0. The predicted octanol–water partition coefficient (Wildman–Crippen LogP) is 4.55. The molecule has 0 aliphatic rings. The van der Waals surface area contributed by atoms with E-state index in [9.17, 15) is 9.59 Å². The van der Waals surface area contributed by atoms with Crippen molar-refractivity contribution in [2.75, 3.05) is 5.32 Å². The Morgan fingerprint density at radius 1 is 1.14 bits per heavy atom. The summed E-state index contributed by atoms with van der Waals surface area (Å²) in [4.78, 5) is 34.3. The number of hydrogen-bond donors (Lipinski definition) is 1. The molecule has 0 spiro atoms. The van der Waals surface area contributed by atoms with Gasteiger partial charge in [-0.15, -0.1) is 0 Å². The van der Waals surface area contributed by atoms with Crippen LogP contribution in [0.15, 0.2) is 41.3 Å². The normalized spacial score (nSPS) is 11.2. The van der Waals surface area contributed by atoms with Gasteiger partial charge in [0.1, 0.15) is 5.82 Å². The van der Waals surface area contributed by atoms with Gasteiger partial charge in [0, 0.05) is 17.8 Å². The molecule has 0 saturated carbocycles. The topological polar surface area (TPSA) is 76.9 Å². The number of nitrogens with zero attached hydrogens (tertiary/aromatic N) is 3. The number of anilines is 1. The monoisotopic (exact) mass is 392 g/mol. The van der Waals surface area contributed by atoms with Crippen LogP contribution in [-0.2, 0) is 4.79 Å². The van der Waals surface area contributed by atoms with Crippen LogP contribution < -0.4 is 10.9 Å². The summed E-state index contributed by atoms with van der Waals surface area (Å²) in [6.45, 7) is 7.93. The molecule has 6 heteroatoms. The van der Waals surface area contributed by atoms with Crippen LogP contribution in [0.25, 0.3) is 16.7 Å². The number of rotatable bonds is 7. The molecule has 0 fully saturated rings. The average Bonchev–Trinajstić information content (AvgIpc) is 2.69. The molecule has 0 aliphatic heterocycles. The van der Waals surface area contributed by atoms with Crippen molar-refractivity contribution in [3.8, 4) is 5.69 Å². The number of aromatic nitrogens is 3. The molecule has 0 unspecified atom stereocenters. The summed E-state index contributed by atoms with van der Waals surface area (Å²) >= 11 is 0. The van der Waals surface area contributed by atoms with E-state index in [1.807, 2.05) is 25.1 Å². The van der Waals surface area contributed by atoms with E-state index in [0.717, 1.165) is 42.6 Å². The Hall–Kier alpha value is -3.02. The first-order chi connectivity index (χ1) is 14.0. The second kappa shape index (κ2) is 8.99. The SMILES string of the molecule is CCCC(CCC)C(=O)Nc1ccc(-n2c(C)nc3ncccc3c2=O)cc1C. The van der Waals surface area contributed by atoms with Gasteiger partial charge < -0.3 is 5.32 Å². The Kier molecular flexibility index (Phi) is 6.42. The van der Waals surface area contributed by atoms with Gasteiger partial charge in [0.2, 0.25) is 5.91 Å². The summed E-state index contributed by atoms with van der Waals surface area (Å²) in [5, 5.41) is 3.55. The lowest BCUT2D eigenvalue weighted by atomic mass is 9.97. The van der Waals surface area contributed by atoms with Gasteiger partial charge in [-0.2, -0.15) is 0 Å². The van der Waals surface area contributed by atoms with E-state index in [0.29, 0.717) is 16.9 Å². The number of carbonyl (C=O) groups is 1. The maximum atomic E-state index is 13.0. The van der Waals surface area contributed by atoms with Crippen molar-refractivity contribution in [3.63, 3.8) is 0 Å². The third-order valence-electron chi connectivity index (χ3n) is 5.18. The quantitative estimate of drug-likeness (QED) is 0.640. The highest BCUT2D eigenvalue weighted by Crippen LogP contribution is 2.22. The number of aryl methyl sites for hydroxylation is 2. The molecular formula is C23H28N4O2. The lowest BCUT2D eigenvalue weighted by Gasteiger charge is -2.17. The van der Waals surface area contributed by atoms with Crippen molar-refractivity contribution < 1.29 is 4.79 Å². The number of nitrogens with one attached hydrogen (secondary N) is 1. The number of fused-ring (bicyclic) bond motifs is 1. The summed E-state index contributed by atoms with van der Waals surface area (Å²) in [5.74, 6) is 0.672. The fourth-order valence-electron chi connectivity index (χ4n) is 3.69. The van der Waals surface area contributed by atoms with Crippen molar-refractivity contribution in [1.82, 2.24) is 14.5 Å². The van der Waals surface area contributed by atoms with E-state index < -0.39 is 0 Å². The zero-order chi connectivity index (χ0) is 21.0. The molecule has 0 radical (unpaired) electrons. The van der Waals surface area contributed by atoms with Gasteiger partial charge in [-0.25, -0.2) is 9.97 Å². The van der Waals surface area contributed by atoms with E-state index in [1.165, 1.54) is 0 Å². The second-order valence-electron chi connectivity index (χ2n) is 7.44. The molecule has 1 amide bonds. The number of pyridine rings is 1. The minimum Gasteiger partial charge on any atom is -0.326 e. The van der Waals surface area contributed by atoms with Crippen molar-refractivity contribution in [1.29, 1.82) is 0 Å². The van der Waals surface area contributed by atoms with Gasteiger partial charge in [-0.05, 0) is 62.6 Å². The van der Waals surface area contributed by atoms with Gasteiger partial charge >= 0.3 is 0 Å². The highest BCUT2D eigenvalue weighted by molar-refractivity contribution is 5.93. The molecule has 152 valence electrons. The number of benzene rings is 1. The van der Waals surface area contributed by atoms with Crippen LogP contribution in [0.5, 0.6) is 0 Å². The molecule has 2 aromatic heterocycles. The standard InChI is InChI=1S/C23H28N4O2/c1-5-8-17(9-6-2)22(28)26-20-12-11-18(14-15(20)3)27-16(4)25-21-19(23(27)29)10-7-13-24-21/h7,10-14,17H,5-6,8-9H2,1-4H3,(H,26,28). The molecule has 0 atom stereocenters. The van der Waals surface area contributed by atoms with E-state index in [2.05, 4.69) is 29.1 Å². The summed E-state index contributed by atoms with van der Waals surface area (Å²) < 4.78 is 1.58. The Labute approximate surface area is 171 Å². The fourth-order valence-corrected chi connectivity index (χ4v) is 3.69. The smallest absolute Gasteiger partial charge is 0.267 e. The van der Waals surface area contributed by atoms with Crippen molar-refractivity contribution in [2.24, 2.45) is 5.92 Å². The molecular weight excluding hydrogens is 364 g/mol. The van der Waals surface area contributed by atoms with Gasteiger partial charge in [0.05, 0.1) is 11.1 Å². The number of amides is 1. The van der Waals surface area contributed by atoms with E-state index >= 15 is 0 Å². The van der Waals surface area contributed by atoms with Crippen molar-refractivity contribution >= 4 is 22.6 Å².